The molecule has 0 saturated carbocycles. The molecule has 3 heteroatoms. The number of aliphatic hydroxyl groups excluding tert-OH is 1. The highest BCUT2D eigenvalue weighted by molar-refractivity contribution is 5.61. The number of hydrogen-bond acceptors (Lipinski definition) is 3. The van der Waals surface area contributed by atoms with Crippen LogP contribution in [0.3, 0.4) is 0 Å². The van der Waals surface area contributed by atoms with Crippen molar-refractivity contribution in [3.63, 3.8) is 0 Å². The molecule has 0 bridgehead atoms. The molecule has 2 unspecified atom stereocenters. The van der Waals surface area contributed by atoms with E-state index < -0.39 is 11.6 Å². The van der Waals surface area contributed by atoms with E-state index in [1.54, 1.807) is 7.11 Å². The van der Waals surface area contributed by atoms with Gasteiger partial charge in [0.25, 0.3) is 0 Å². The number of nitrogens with zero attached hydrogens (tertiary/aromatic N) is 1. The van der Waals surface area contributed by atoms with E-state index in [4.69, 9.17) is 4.74 Å². The van der Waals surface area contributed by atoms with Crippen LogP contribution in [0.5, 0.6) is 5.75 Å². The average molecular weight is 309 g/mol. The van der Waals surface area contributed by atoms with Crippen LogP contribution in [-0.2, 0) is 12.0 Å². The fourth-order valence-electron chi connectivity index (χ4n) is 3.47. The molecule has 0 fully saturated rings. The number of benzene rings is 2. The first-order chi connectivity index (χ1) is 11.1. The van der Waals surface area contributed by atoms with E-state index >= 15 is 0 Å². The van der Waals surface area contributed by atoms with Gasteiger partial charge in [0.2, 0.25) is 0 Å². The summed E-state index contributed by atoms with van der Waals surface area (Å²) in [6.07, 6.45) is 4.07. The zero-order chi connectivity index (χ0) is 16.4. The van der Waals surface area contributed by atoms with E-state index in [0.717, 1.165) is 17.7 Å². The summed E-state index contributed by atoms with van der Waals surface area (Å²) in [4.78, 5) is 2.13. The molecule has 0 heterocycles. The minimum atomic E-state index is -0.561. The molecule has 3 nitrogen and oxygen atoms in total. The van der Waals surface area contributed by atoms with E-state index in [1.807, 2.05) is 50.5 Å². The number of likely N-dealkylation sites (N-methyl/N-ethyl adjacent to an activating group) is 1. The van der Waals surface area contributed by atoms with Crippen molar-refractivity contribution in [1.82, 2.24) is 4.90 Å². The lowest BCUT2D eigenvalue weighted by Crippen LogP contribution is -2.53. The van der Waals surface area contributed by atoms with Crippen LogP contribution in [-0.4, -0.2) is 37.3 Å². The third-order valence-corrected chi connectivity index (χ3v) is 4.81. The lowest BCUT2D eigenvalue weighted by atomic mass is 9.73. The third kappa shape index (κ3) is 2.67. The molecule has 0 aromatic heterocycles. The van der Waals surface area contributed by atoms with E-state index in [2.05, 4.69) is 29.2 Å². The van der Waals surface area contributed by atoms with E-state index in [1.165, 1.54) is 11.1 Å². The number of aliphatic hydroxyl groups is 1. The minimum absolute atomic E-state index is 0.472. The molecule has 0 aliphatic heterocycles. The highest BCUT2D eigenvalue weighted by Crippen LogP contribution is 2.40. The Morgan fingerprint density at radius 1 is 1.09 bits per heavy atom. The monoisotopic (exact) mass is 309 g/mol. The second-order valence-corrected chi connectivity index (χ2v) is 6.23. The zero-order valence-corrected chi connectivity index (χ0v) is 13.9. The van der Waals surface area contributed by atoms with Gasteiger partial charge < -0.3 is 9.84 Å². The van der Waals surface area contributed by atoms with E-state index in [0.29, 0.717) is 0 Å². The number of methoxy groups -OCH3 is 1. The summed E-state index contributed by atoms with van der Waals surface area (Å²) < 4.78 is 5.24. The van der Waals surface area contributed by atoms with Crippen molar-refractivity contribution in [1.29, 1.82) is 0 Å². The van der Waals surface area contributed by atoms with Crippen LogP contribution < -0.4 is 4.74 Å². The van der Waals surface area contributed by atoms with Crippen molar-refractivity contribution >= 4 is 6.08 Å². The van der Waals surface area contributed by atoms with Gasteiger partial charge in [-0.25, -0.2) is 0 Å². The molecule has 2 aromatic rings. The highest BCUT2D eigenvalue weighted by atomic mass is 16.5. The Morgan fingerprint density at radius 2 is 1.78 bits per heavy atom. The van der Waals surface area contributed by atoms with Gasteiger partial charge in [-0.15, -0.1) is 0 Å². The summed E-state index contributed by atoms with van der Waals surface area (Å²) in [5.74, 6) is 0.845. The molecule has 1 N–H and O–H groups in total. The van der Waals surface area contributed by atoms with Crippen LogP contribution >= 0.6 is 0 Å². The average Bonchev–Trinajstić information content (AvgIpc) is 2.58. The molecular weight excluding hydrogens is 286 g/mol. The van der Waals surface area contributed by atoms with E-state index in [-0.39, 0.29) is 0 Å². The Balaban J connectivity index is 2.07. The first kappa shape index (κ1) is 15.8. The number of hydrogen-bond donors (Lipinski definition) is 1. The zero-order valence-electron chi connectivity index (χ0n) is 13.9. The third-order valence-electron chi connectivity index (χ3n) is 4.81. The maximum absolute atomic E-state index is 10.8. The largest absolute Gasteiger partial charge is 0.497 e. The van der Waals surface area contributed by atoms with Gasteiger partial charge in [0.05, 0.1) is 18.8 Å². The predicted octanol–water partition coefficient (Wildman–Crippen LogP) is 3.08. The molecular formula is C20H23NO2. The predicted molar refractivity (Wildman–Crippen MR) is 93.5 cm³/mol. The van der Waals surface area contributed by atoms with Gasteiger partial charge in [-0.2, -0.15) is 0 Å². The molecule has 120 valence electrons. The highest BCUT2D eigenvalue weighted by Gasteiger charge is 2.43. The van der Waals surface area contributed by atoms with Crippen LogP contribution in [0, 0.1) is 0 Å². The van der Waals surface area contributed by atoms with Crippen molar-refractivity contribution in [3.05, 3.63) is 71.3 Å². The summed E-state index contributed by atoms with van der Waals surface area (Å²) in [6, 6.07) is 16.4. The SMILES string of the molecule is COc1ccc(CC2(N(C)C)c3ccccc3C=CC2O)cc1. The van der Waals surface area contributed by atoms with Crippen LogP contribution in [0.2, 0.25) is 0 Å². The first-order valence-corrected chi connectivity index (χ1v) is 7.84. The number of ether oxygens (including phenoxy) is 1. The Hall–Kier alpha value is -2.10. The maximum atomic E-state index is 10.8. The minimum Gasteiger partial charge on any atom is -0.497 e. The van der Waals surface area contributed by atoms with Gasteiger partial charge in [-0.1, -0.05) is 48.6 Å². The van der Waals surface area contributed by atoms with Gasteiger partial charge in [0.15, 0.2) is 0 Å². The van der Waals surface area contributed by atoms with Crippen LogP contribution in [0.1, 0.15) is 16.7 Å². The quantitative estimate of drug-likeness (QED) is 0.942. The van der Waals surface area contributed by atoms with Crippen molar-refractivity contribution in [2.24, 2.45) is 0 Å². The smallest absolute Gasteiger partial charge is 0.118 e. The number of rotatable bonds is 4. The second kappa shape index (κ2) is 6.19. The number of fused-ring (bicyclic) bond motifs is 1. The van der Waals surface area contributed by atoms with Gasteiger partial charge in [0, 0.05) is 0 Å². The van der Waals surface area contributed by atoms with Crippen molar-refractivity contribution in [2.45, 2.75) is 18.1 Å². The van der Waals surface area contributed by atoms with Gasteiger partial charge in [-0.05, 0) is 49.3 Å². The molecule has 0 saturated heterocycles. The van der Waals surface area contributed by atoms with Crippen LogP contribution in [0.15, 0.2) is 54.6 Å². The molecule has 1 aliphatic rings. The van der Waals surface area contributed by atoms with Gasteiger partial charge in [-0.3, -0.25) is 4.90 Å². The van der Waals surface area contributed by atoms with Crippen LogP contribution in [0.25, 0.3) is 6.08 Å². The standard InChI is InChI=1S/C20H23NO2/c1-21(2)20(14-15-8-11-17(23-3)12-9-15)18-7-5-4-6-16(18)10-13-19(20)22/h4-13,19,22H,14H2,1-3H3. The lowest BCUT2D eigenvalue weighted by Gasteiger charge is -2.46. The van der Waals surface area contributed by atoms with Crippen molar-refractivity contribution < 1.29 is 9.84 Å². The molecule has 1 aliphatic carbocycles. The van der Waals surface area contributed by atoms with E-state index in [9.17, 15) is 5.11 Å². The molecule has 0 spiro atoms. The van der Waals surface area contributed by atoms with Crippen molar-refractivity contribution in [3.8, 4) is 5.75 Å². The summed E-state index contributed by atoms with van der Waals surface area (Å²) >= 11 is 0. The topological polar surface area (TPSA) is 32.7 Å². The van der Waals surface area contributed by atoms with Crippen LogP contribution in [0.4, 0.5) is 0 Å². The second-order valence-electron chi connectivity index (χ2n) is 6.23. The summed E-state index contributed by atoms with van der Waals surface area (Å²) in [7, 11) is 5.73. The summed E-state index contributed by atoms with van der Waals surface area (Å²) in [5, 5.41) is 10.8. The summed E-state index contributed by atoms with van der Waals surface area (Å²) in [5.41, 5.74) is 3.03. The Bertz CT molecular complexity index is 706. The molecule has 0 radical (unpaired) electrons. The maximum Gasteiger partial charge on any atom is 0.118 e. The fraction of sp³-hybridized carbons (Fsp3) is 0.300. The van der Waals surface area contributed by atoms with Gasteiger partial charge >= 0.3 is 0 Å². The molecule has 3 rings (SSSR count). The lowest BCUT2D eigenvalue weighted by molar-refractivity contribution is 0.0164. The normalized spacial score (nSPS) is 22.9. The molecule has 0 amide bonds. The molecule has 2 atom stereocenters. The molecule has 2 aromatic carbocycles. The van der Waals surface area contributed by atoms with Crippen molar-refractivity contribution in [2.75, 3.05) is 21.2 Å². The molecule has 23 heavy (non-hydrogen) atoms. The van der Waals surface area contributed by atoms with Gasteiger partial charge in [0.1, 0.15) is 5.75 Å². The Labute approximate surface area is 137 Å². The Kier molecular flexibility index (Phi) is 4.24. The fourth-order valence-corrected chi connectivity index (χ4v) is 3.47. The Morgan fingerprint density at radius 3 is 2.43 bits per heavy atom. The summed E-state index contributed by atoms with van der Waals surface area (Å²) in [6.45, 7) is 0. The first-order valence-electron chi connectivity index (χ1n) is 7.84.